The quantitative estimate of drug-likeness (QED) is 0.685. The normalized spacial score (nSPS) is 15.9. The molecule has 1 aliphatic rings. The van der Waals surface area contributed by atoms with Crippen LogP contribution in [0.5, 0.6) is 0 Å². The van der Waals surface area contributed by atoms with Crippen molar-refractivity contribution in [1.29, 1.82) is 0 Å². The second-order valence-electron chi connectivity index (χ2n) is 3.09. The number of carbonyl (C=O) groups excluding carboxylic acids is 1. The van der Waals surface area contributed by atoms with Crippen LogP contribution >= 0.6 is 11.8 Å². The van der Waals surface area contributed by atoms with Crippen LogP contribution in [0.4, 0.5) is 5.69 Å². The summed E-state index contributed by atoms with van der Waals surface area (Å²) in [5.74, 6) is 1.00. The van der Waals surface area contributed by atoms with E-state index in [1.165, 1.54) is 4.90 Å². The van der Waals surface area contributed by atoms with Crippen molar-refractivity contribution in [1.82, 2.24) is 0 Å². The van der Waals surface area contributed by atoms with Gasteiger partial charge in [0.1, 0.15) is 0 Å². The summed E-state index contributed by atoms with van der Waals surface area (Å²) in [6.07, 6.45) is 0.610. The first-order valence-corrected chi connectivity index (χ1v) is 5.28. The molecule has 0 unspecified atom stereocenters. The molecule has 0 saturated carbocycles. The Morgan fingerprint density at radius 1 is 1.46 bits per heavy atom. The molecule has 2 rings (SSSR count). The highest BCUT2D eigenvalue weighted by atomic mass is 32.2. The number of para-hydroxylation sites is 1. The van der Waals surface area contributed by atoms with E-state index >= 15 is 0 Å². The van der Waals surface area contributed by atoms with E-state index in [2.05, 4.69) is 11.4 Å². The van der Waals surface area contributed by atoms with Crippen molar-refractivity contribution in [2.24, 2.45) is 0 Å². The summed E-state index contributed by atoms with van der Waals surface area (Å²) in [4.78, 5) is 12.5. The molecule has 1 aromatic rings. The molecule has 1 aromatic carbocycles. The Morgan fingerprint density at radius 2 is 2.31 bits per heavy atom. The zero-order chi connectivity index (χ0) is 9.26. The van der Waals surface area contributed by atoms with E-state index < -0.39 is 0 Å². The van der Waals surface area contributed by atoms with Crippen LogP contribution in [0.2, 0.25) is 0 Å². The Morgan fingerprint density at radius 3 is 3.15 bits per heavy atom. The highest BCUT2D eigenvalue weighted by Crippen LogP contribution is 2.32. The number of hydrogen-bond donors (Lipinski definition) is 1. The number of amides is 1. The largest absolute Gasteiger partial charge is 0.325 e. The van der Waals surface area contributed by atoms with Crippen LogP contribution in [-0.2, 0) is 4.79 Å². The van der Waals surface area contributed by atoms with Crippen molar-refractivity contribution < 1.29 is 4.79 Å². The summed E-state index contributed by atoms with van der Waals surface area (Å²) >= 11 is 1.74. The average Bonchev–Trinajstić information content (AvgIpc) is 2.28. The maximum atomic E-state index is 11.3. The van der Waals surface area contributed by atoms with Crippen molar-refractivity contribution in [3.05, 3.63) is 23.8 Å². The summed E-state index contributed by atoms with van der Waals surface area (Å²) < 4.78 is 0. The molecule has 0 atom stereocenters. The second kappa shape index (κ2) is 3.42. The lowest BCUT2D eigenvalue weighted by Crippen LogP contribution is -2.10. The van der Waals surface area contributed by atoms with E-state index in [0.29, 0.717) is 6.42 Å². The van der Waals surface area contributed by atoms with E-state index in [0.717, 1.165) is 17.0 Å². The maximum Gasteiger partial charge on any atom is 0.225 e. The molecule has 0 fully saturated rings. The number of rotatable bonds is 0. The van der Waals surface area contributed by atoms with Gasteiger partial charge in [0.05, 0.1) is 5.69 Å². The van der Waals surface area contributed by atoms with Crippen LogP contribution in [0.15, 0.2) is 23.1 Å². The molecule has 13 heavy (non-hydrogen) atoms. The first-order chi connectivity index (χ1) is 6.27. The number of benzene rings is 1. The predicted octanol–water partition coefficient (Wildman–Crippen LogP) is 2.43. The van der Waals surface area contributed by atoms with Crippen LogP contribution in [-0.4, -0.2) is 11.7 Å². The highest BCUT2D eigenvalue weighted by molar-refractivity contribution is 7.99. The molecule has 0 aliphatic carbocycles. The molecular weight excluding hydrogens is 182 g/mol. The van der Waals surface area contributed by atoms with Crippen molar-refractivity contribution in [3.8, 4) is 0 Å². The third-order valence-corrected chi connectivity index (χ3v) is 3.15. The SMILES string of the molecule is Cc1cccc2c1NC(=O)CCS2. The van der Waals surface area contributed by atoms with Gasteiger partial charge in [0, 0.05) is 17.1 Å². The fourth-order valence-corrected chi connectivity index (χ4v) is 2.42. The Kier molecular flexibility index (Phi) is 2.27. The van der Waals surface area contributed by atoms with Gasteiger partial charge in [0.2, 0.25) is 5.91 Å². The molecule has 0 spiro atoms. The van der Waals surface area contributed by atoms with Gasteiger partial charge in [-0.3, -0.25) is 4.79 Å². The molecule has 0 bridgehead atoms. The van der Waals surface area contributed by atoms with Crippen molar-refractivity contribution in [3.63, 3.8) is 0 Å². The predicted molar refractivity (Wildman–Crippen MR) is 55.1 cm³/mol. The lowest BCUT2D eigenvalue weighted by atomic mass is 10.2. The number of hydrogen-bond acceptors (Lipinski definition) is 2. The zero-order valence-electron chi connectivity index (χ0n) is 7.46. The van der Waals surface area contributed by atoms with Crippen LogP contribution in [0.25, 0.3) is 0 Å². The highest BCUT2D eigenvalue weighted by Gasteiger charge is 2.13. The molecule has 0 radical (unpaired) electrons. The third-order valence-electron chi connectivity index (χ3n) is 2.09. The topological polar surface area (TPSA) is 29.1 Å². The van der Waals surface area contributed by atoms with Gasteiger partial charge in [0.15, 0.2) is 0 Å². The van der Waals surface area contributed by atoms with Gasteiger partial charge < -0.3 is 5.32 Å². The van der Waals surface area contributed by atoms with Crippen LogP contribution in [0, 0.1) is 6.92 Å². The van der Waals surface area contributed by atoms with Gasteiger partial charge in [0.25, 0.3) is 0 Å². The number of fused-ring (bicyclic) bond motifs is 1. The van der Waals surface area contributed by atoms with Gasteiger partial charge in [-0.1, -0.05) is 12.1 Å². The monoisotopic (exact) mass is 193 g/mol. The standard InChI is InChI=1S/C10H11NOS/c1-7-3-2-4-8-10(7)11-9(12)5-6-13-8/h2-4H,5-6H2,1H3,(H,11,12). The van der Waals surface area contributed by atoms with E-state index in [1.807, 2.05) is 19.1 Å². The number of nitrogens with one attached hydrogen (secondary N) is 1. The van der Waals surface area contributed by atoms with Crippen LogP contribution < -0.4 is 5.32 Å². The van der Waals surface area contributed by atoms with Gasteiger partial charge in [-0.2, -0.15) is 0 Å². The average molecular weight is 193 g/mol. The van der Waals surface area contributed by atoms with Crippen molar-refractivity contribution in [2.45, 2.75) is 18.2 Å². The Labute approximate surface area is 81.7 Å². The van der Waals surface area contributed by atoms with Crippen molar-refractivity contribution in [2.75, 3.05) is 11.1 Å². The molecule has 1 amide bonds. The maximum absolute atomic E-state index is 11.3. The van der Waals surface area contributed by atoms with Crippen LogP contribution in [0.3, 0.4) is 0 Å². The molecule has 2 nitrogen and oxygen atoms in total. The lowest BCUT2D eigenvalue weighted by molar-refractivity contribution is -0.115. The molecule has 3 heteroatoms. The fraction of sp³-hybridized carbons (Fsp3) is 0.300. The van der Waals surface area contributed by atoms with Crippen molar-refractivity contribution >= 4 is 23.4 Å². The van der Waals surface area contributed by atoms with E-state index in [1.54, 1.807) is 11.8 Å². The summed E-state index contributed by atoms with van der Waals surface area (Å²) in [6, 6.07) is 6.10. The zero-order valence-corrected chi connectivity index (χ0v) is 8.28. The Bertz CT molecular complexity index is 349. The minimum Gasteiger partial charge on any atom is -0.325 e. The summed E-state index contributed by atoms with van der Waals surface area (Å²) in [5.41, 5.74) is 2.13. The number of anilines is 1. The van der Waals surface area contributed by atoms with Crippen LogP contribution in [0.1, 0.15) is 12.0 Å². The lowest BCUT2D eigenvalue weighted by Gasteiger charge is -2.08. The Balaban J connectivity index is 2.46. The molecule has 1 N–H and O–H groups in total. The summed E-state index contributed by atoms with van der Waals surface area (Å²) in [7, 11) is 0. The molecule has 0 aromatic heterocycles. The summed E-state index contributed by atoms with van der Waals surface area (Å²) in [5, 5.41) is 2.93. The smallest absolute Gasteiger partial charge is 0.225 e. The Hall–Kier alpha value is -0.960. The first-order valence-electron chi connectivity index (χ1n) is 4.29. The number of thioether (sulfide) groups is 1. The molecule has 0 saturated heterocycles. The van der Waals surface area contributed by atoms with E-state index in [-0.39, 0.29) is 5.91 Å². The molecule has 1 heterocycles. The van der Waals surface area contributed by atoms with E-state index in [9.17, 15) is 4.79 Å². The fourth-order valence-electron chi connectivity index (χ4n) is 1.38. The van der Waals surface area contributed by atoms with Gasteiger partial charge in [-0.05, 0) is 18.6 Å². The second-order valence-corrected chi connectivity index (χ2v) is 4.23. The molecule has 1 aliphatic heterocycles. The number of aryl methyl sites for hydroxylation is 1. The van der Waals surface area contributed by atoms with E-state index in [4.69, 9.17) is 0 Å². The molecule has 68 valence electrons. The van der Waals surface area contributed by atoms with Gasteiger partial charge in [-0.25, -0.2) is 0 Å². The number of carbonyl (C=O) groups is 1. The summed E-state index contributed by atoms with van der Waals surface area (Å²) in [6.45, 7) is 2.02. The third kappa shape index (κ3) is 1.70. The van der Waals surface area contributed by atoms with Gasteiger partial charge >= 0.3 is 0 Å². The first kappa shape index (κ1) is 8.63. The minimum absolute atomic E-state index is 0.126. The minimum atomic E-state index is 0.126. The molecular formula is C10H11NOS. The van der Waals surface area contributed by atoms with Gasteiger partial charge in [-0.15, -0.1) is 11.8 Å².